The van der Waals surface area contributed by atoms with E-state index in [0.29, 0.717) is 0 Å². The Morgan fingerprint density at radius 1 is 1.29 bits per heavy atom. The van der Waals surface area contributed by atoms with Crippen LogP contribution in [-0.2, 0) is 4.79 Å². The van der Waals surface area contributed by atoms with Crippen LogP contribution < -0.4 is 21.7 Å². The molecule has 1 aliphatic carbocycles. The maximum Gasteiger partial charge on any atom is 0.342 e. The van der Waals surface area contributed by atoms with E-state index in [0.717, 1.165) is 0 Å². The number of nitrogens with zero attached hydrogens (tertiary/aromatic N) is 1. The van der Waals surface area contributed by atoms with Crippen molar-refractivity contribution in [3.63, 3.8) is 0 Å². The first-order valence-corrected chi connectivity index (χ1v) is 5.21. The highest BCUT2D eigenvalue weighted by atomic mass is 16.2. The fraction of sp³-hybridized carbons (Fsp3) is 0.556. The minimum absolute atomic E-state index is 0.142. The number of urea groups is 2. The second-order valence-corrected chi connectivity index (χ2v) is 4.68. The second kappa shape index (κ2) is 2.76. The Balaban J connectivity index is 2.02. The van der Waals surface area contributed by atoms with Crippen LogP contribution in [0.1, 0.15) is 6.92 Å². The summed E-state index contributed by atoms with van der Waals surface area (Å²) in [6, 6.07) is -1.89. The molecule has 4 atom stereocenters. The van der Waals surface area contributed by atoms with E-state index < -0.39 is 23.5 Å². The molecule has 8 nitrogen and oxygen atoms in total. The number of nitrogens with two attached hydrogens (primary N) is 1. The van der Waals surface area contributed by atoms with E-state index in [4.69, 9.17) is 5.73 Å². The Kier molecular flexibility index (Phi) is 1.63. The first-order valence-electron chi connectivity index (χ1n) is 5.21. The van der Waals surface area contributed by atoms with Gasteiger partial charge in [0.1, 0.15) is 5.84 Å². The molecule has 0 aromatic heterocycles. The Labute approximate surface area is 96.0 Å². The van der Waals surface area contributed by atoms with Gasteiger partial charge >= 0.3 is 12.1 Å². The summed E-state index contributed by atoms with van der Waals surface area (Å²) < 4.78 is 0. The second-order valence-electron chi connectivity index (χ2n) is 4.68. The van der Waals surface area contributed by atoms with Crippen LogP contribution in [0.4, 0.5) is 9.59 Å². The lowest BCUT2D eigenvalue weighted by molar-refractivity contribution is -0.144. The summed E-state index contributed by atoms with van der Waals surface area (Å²) in [4.78, 5) is 37.9. The van der Waals surface area contributed by atoms with Crippen LogP contribution in [-0.4, -0.2) is 35.9 Å². The Hall–Kier alpha value is -2.12. The van der Waals surface area contributed by atoms with Gasteiger partial charge in [-0.3, -0.25) is 10.1 Å². The molecule has 2 fully saturated rings. The monoisotopic (exact) mass is 237 g/mol. The van der Waals surface area contributed by atoms with Gasteiger partial charge in [0.2, 0.25) is 5.91 Å². The summed E-state index contributed by atoms with van der Waals surface area (Å²) in [6.07, 6.45) is 0. The summed E-state index contributed by atoms with van der Waals surface area (Å²) in [6.45, 7) is 1.70. The van der Waals surface area contributed by atoms with Crippen molar-refractivity contribution in [2.45, 2.75) is 19.0 Å². The van der Waals surface area contributed by atoms with Crippen molar-refractivity contribution in [1.29, 1.82) is 0 Å². The van der Waals surface area contributed by atoms with E-state index in [2.05, 4.69) is 20.9 Å². The lowest BCUT2D eigenvalue weighted by Crippen LogP contribution is -2.84. The van der Waals surface area contributed by atoms with Crippen molar-refractivity contribution in [3.8, 4) is 0 Å². The Morgan fingerprint density at radius 3 is 2.71 bits per heavy atom. The lowest BCUT2D eigenvalue weighted by atomic mass is 9.52. The summed E-state index contributed by atoms with van der Waals surface area (Å²) in [5.74, 6) is -0.614. The van der Waals surface area contributed by atoms with Crippen molar-refractivity contribution < 1.29 is 14.4 Å². The molecule has 0 bridgehead atoms. The van der Waals surface area contributed by atoms with Crippen LogP contribution in [0.15, 0.2) is 4.99 Å². The number of amides is 5. The maximum atomic E-state index is 11.9. The van der Waals surface area contributed by atoms with Crippen molar-refractivity contribution in [1.82, 2.24) is 16.0 Å². The zero-order valence-corrected chi connectivity index (χ0v) is 8.98. The predicted octanol–water partition coefficient (Wildman–Crippen LogP) is -1.72. The third kappa shape index (κ3) is 1.02. The van der Waals surface area contributed by atoms with Gasteiger partial charge in [-0.2, -0.15) is 4.99 Å². The molecule has 90 valence electrons. The van der Waals surface area contributed by atoms with Crippen molar-refractivity contribution in [2.75, 3.05) is 0 Å². The number of amidine groups is 1. The molecular formula is C9H11N5O3. The third-order valence-electron chi connectivity index (χ3n) is 3.85. The minimum atomic E-state index is -0.847. The molecule has 17 heavy (non-hydrogen) atoms. The molecule has 0 aromatic carbocycles. The van der Waals surface area contributed by atoms with E-state index in [1.165, 1.54) is 0 Å². The molecule has 3 rings (SSSR count). The highest BCUT2D eigenvalue weighted by Gasteiger charge is 2.68. The molecular weight excluding hydrogens is 226 g/mol. The number of aliphatic imine (C=N–C) groups is 1. The predicted molar refractivity (Wildman–Crippen MR) is 56.0 cm³/mol. The van der Waals surface area contributed by atoms with Gasteiger partial charge in [0.05, 0.1) is 23.4 Å². The molecule has 3 aliphatic rings. The first kappa shape index (κ1) is 10.1. The fourth-order valence-electron chi connectivity index (χ4n) is 2.97. The van der Waals surface area contributed by atoms with Gasteiger partial charge < -0.3 is 16.4 Å². The third-order valence-corrected chi connectivity index (χ3v) is 3.85. The highest BCUT2D eigenvalue weighted by molar-refractivity contribution is 6.08. The molecule has 1 saturated carbocycles. The standard InChI is InChI=1S/C9H11N5O3/c1-9-2-3(11-7(16)13-5(2)10)4(9)12-8(17)14-6(9)15/h2-4H,1H3,(H3,10,11,13,16)(H2,12,14,15,17). The average Bonchev–Trinajstić information content (AvgIpc) is 2.22. The number of carbonyl (C=O) groups is 3. The molecule has 8 heteroatoms. The molecule has 0 radical (unpaired) electrons. The Bertz CT molecular complexity index is 487. The summed E-state index contributed by atoms with van der Waals surface area (Å²) in [5.41, 5.74) is 4.85. The molecule has 2 heterocycles. The van der Waals surface area contributed by atoms with Gasteiger partial charge in [-0.15, -0.1) is 0 Å². The molecule has 1 saturated heterocycles. The molecule has 0 spiro atoms. The summed E-state index contributed by atoms with van der Waals surface area (Å²) in [5, 5.41) is 7.45. The number of hydrogen-bond acceptors (Lipinski definition) is 4. The van der Waals surface area contributed by atoms with E-state index in [-0.39, 0.29) is 23.7 Å². The van der Waals surface area contributed by atoms with Gasteiger partial charge in [0.15, 0.2) is 0 Å². The van der Waals surface area contributed by atoms with Gasteiger partial charge in [0.25, 0.3) is 0 Å². The largest absolute Gasteiger partial charge is 0.387 e. The van der Waals surface area contributed by atoms with Crippen LogP contribution in [0.25, 0.3) is 0 Å². The number of rotatable bonds is 0. The average molecular weight is 237 g/mol. The van der Waals surface area contributed by atoms with Crippen LogP contribution >= 0.6 is 0 Å². The van der Waals surface area contributed by atoms with E-state index in [9.17, 15) is 14.4 Å². The van der Waals surface area contributed by atoms with Crippen molar-refractivity contribution in [2.24, 2.45) is 22.1 Å². The van der Waals surface area contributed by atoms with Crippen LogP contribution in [0.3, 0.4) is 0 Å². The normalized spacial score (nSPS) is 43.2. The van der Waals surface area contributed by atoms with Crippen LogP contribution in [0.5, 0.6) is 0 Å². The first-order chi connectivity index (χ1) is 7.94. The topological polar surface area (TPSA) is 126 Å². The fourth-order valence-corrected chi connectivity index (χ4v) is 2.97. The summed E-state index contributed by atoms with van der Waals surface area (Å²) >= 11 is 0. The van der Waals surface area contributed by atoms with E-state index in [1.54, 1.807) is 6.92 Å². The van der Waals surface area contributed by atoms with Crippen molar-refractivity contribution in [3.05, 3.63) is 0 Å². The maximum absolute atomic E-state index is 11.9. The van der Waals surface area contributed by atoms with E-state index >= 15 is 0 Å². The van der Waals surface area contributed by atoms with Gasteiger partial charge in [-0.05, 0) is 6.92 Å². The Morgan fingerprint density at radius 2 is 2.00 bits per heavy atom. The van der Waals surface area contributed by atoms with E-state index in [1.807, 2.05) is 0 Å². The van der Waals surface area contributed by atoms with Crippen molar-refractivity contribution >= 4 is 23.8 Å². The number of nitrogens with one attached hydrogen (secondary N) is 3. The van der Waals surface area contributed by atoms with Crippen LogP contribution in [0, 0.1) is 11.3 Å². The molecule has 5 N–H and O–H groups in total. The zero-order valence-electron chi connectivity index (χ0n) is 8.98. The number of imide groups is 1. The lowest BCUT2D eigenvalue weighted by Gasteiger charge is -2.60. The van der Waals surface area contributed by atoms with Crippen LogP contribution in [0.2, 0.25) is 0 Å². The van der Waals surface area contributed by atoms with Gasteiger partial charge in [-0.25, -0.2) is 9.59 Å². The number of fused-ring (bicyclic) bond motifs is 4. The number of carbonyl (C=O) groups excluding carboxylic acids is 3. The highest BCUT2D eigenvalue weighted by Crippen LogP contribution is 2.49. The molecule has 2 aliphatic heterocycles. The summed E-state index contributed by atoms with van der Waals surface area (Å²) in [7, 11) is 0. The molecule has 4 unspecified atom stereocenters. The quantitative estimate of drug-likeness (QED) is 0.399. The number of hydrogen-bond donors (Lipinski definition) is 4. The SMILES string of the molecule is CC12C(=O)NC(=O)NC1C1NC(=O)N=C(N)C12. The zero-order chi connectivity index (χ0) is 12.4. The molecule has 5 amide bonds. The minimum Gasteiger partial charge on any atom is -0.387 e. The molecule has 0 aromatic rings. The van der Waals surface area contributed by atoms with Gasteiger partial charge in [0, 0.05) is 0 Å². The smallest absolute Gasteiger partial charge is 0.342 e. The van der Waals surface area contributed by atoms with Gasteiger partial charge in [-0.1, -0.05) is 0 Å².